The number of thioether (sulfide) groups is 1. The van der Waals surface area contributed by atoms with Gasteiger partial charge in [-0.15, -0.1) is 11.8 Å². The number of nitrogens with one attached hydrogen (secondary N) is 1. The lowest BCUT2D eigenvalue weighted by Gasteiger charge is -2.34. The molecular formula is C36H35N3O9S. The summed E-state index contributed by atoms with van der Waals surface area (Å²) in [5.41, 5.74) is 9.01. The number of carbonyl (C=O) groups is 3. The Hall–Kier alpha value is -5.36. The van der Waals surface area contributed by atoms with Crippen LogP contribution in [-0.2, 0) is 15.4 Å². The molecule has 254 valence electrons. The van der Waals surface area contributed by atoms with Gasteiger partial charge in [0.05, 0.1) is 12.4 Å². The van der Waals surface area contributed by atoms with Crippen molar-refractivity contribution in [2.45, 2.75) is 35.7 Å². The maximum absolute atomic E-state index is 13.1. The number of hydrogen-bond donors (Lipinski definition) is 7. The molecule has 2 atom stereocenters. The number of methoxy groups -OCH3 is 1. The van der Waals surface area contributed by atoms with Crippen LogP contribution in [0.15, 0.2) is 97.1 Å². The zero-order chi connectivity index (χ0) is 35.8. The summed E-state index contributed by atoms with van der Waals surface area (Å²) in [7, 11) is 1.23. The summed E-state index contributed by atoms with van der Waals surface area (Å²) in [5, 5.41) is 48.4. The number of phenolic OH excluding ortho intramolecular Hbond substituents is 1. The van der Waals surface area contributed by atoms with Gasteiger partial charge in [-0.3, -0.25) is 19.3 Å². The van der Waals surface area contributed by atoms with Crippen LogP contribution in [0, 0.1) is 11.8 Å². The maximum atomic E-state index is 13.1. The second-order valence-corrected chi connectivity index (χ2v) is 12.0. The van der Waals surface area contributed by atoms with Gasteiger partial charge in [0.2, 0.25) is 18.2 Å². The van der Waals surface area contributed by atoms with Crippen molar-refractivity contribution in [2.24, 2.45) is 5.73 Å². The maximum Gasteiger partial charge on any atom is 0.307 e. The first-order valence-electron chi connectivity index (χ1n) is 14.9. The first-order chi connectivity index (χ1) is 23.3. The van der Waals surface area contributed by atoms with Gasteiger partial charge in [0.15, 0.2) is 11.5 Å². The van der Waals surface area contributed by atoms with Crippen molar-refractivity contribution in [1.82, 2.24) is 5.32 Å². The predicted molar refractivity (Wildman–Crippen MR) is 183 cm³/mol. The summed E-state index contributed by atoms with van der Waals surface area (Å²) < 4.78 is 4.73. The van der Waals surface area contributed by atoms with Gasteiger partial charge in [0.25, 0.3) is 5.79 Å². The minimum absolute atomic E-state index is 0.0482. The van der Waals surface area contributed by atoms with E-state index in [0.29, 0.717) is 11.3 Å². The monoisotopic (exact) mass is 685 g/mol. The number of nitrogens with two attached hydrogens (primary N) is 1. The Balaban J connectivity index is 0.000000257. The van der Waals surface area contributed by atoms with E-state index in [0.717, 1.165) is 41.3 Å². The molecular weight excluding hydrogens is 650 g/mol. The molecule has 1 aliphatic heterocycles. The fourth-order valence-corrected chi connectivity index (χ4v) is 6.19. The third-order valence-corrected chi connectivity index (χ3v) is 9.07. The highest BCUT2D eigenvalue weighted by Gasteiger charge is 2.49. The quantitative estimate of drug-likeness (QED) is 0.0780. The number of aromatic hydroxyl groups is 1. The molecule has 12 nitrogen and oxygen atoms in total. The number of phenols is 1. The van der Waals surface area contributed by atoms with Crippen LogP contribution in [0.5, 0.6) is 11.5 Å². The summed E-state index contributed by atoms with van der Waals surface area (Å²) in [6.45, 7) is 2.01. The van der Waals surface area contributed by atoms with E-state index in [1.165, 1.54) is 12.4 Å². The van der Waals surface area contributed by atoms with Crippen LogP contribution in [-0.4, -0.2) is 62.0 Å². The molecule has 4 aromatic rings. The first-order valence-corrected chi connectivity index (χ1v) is 15.8. The average Bonchev–Trinajstić information content (AvgIpc) is 3.44. The minimum atomic E-state index is -3.31. The number of nitrogens with zero attached hydrogens (tertiary/aromatic N) is 1. The number of ether oxygens (including phenoxy) is 1. The minimum Gasteiger partial charge on any atom is -0.504 e. The topological polar surface area (TPSA) is 203 Å². The summed E-state index contributed by atoms with van der Waals surface area (Å²) in [5.74, 6) is -1.01. The Morgan fingerprint density at radius 3 is 2.20 bits per heavy atom. The molecule has 4 aromatic carbocycles. The molecule has 0 saturated carbocycles. The lowest BCUT2D eigenvalue weighted by molar-refractivity contribution is -0.374. The highest BCUT2D eigenvalue weighted by molar-refractivity contribution is 8.01. The van der Waals surface area contributed by atoms with Crippen molar-refractivity contribution in [3.05, 3.63) is 125 Å². The molecule has 0 bridgehead atoms. The normalized spacial score (nSPS) is 15.7. The van der Waals surface area contributed by atoms with Gasteiger partial charge >= 0.3 is 5.91 Å². The first kappa shape index (κ1) is 36.5. The van der Waals surface area contributed by atoms with E-state index in [9.17, 15) is 39.9 Å². The molecule has 1 aliphatic rings. The fourth-order valence-electron chi connectivity index (χ4n) is 4.79. The molecule has 0 spiro atoms. The number of anilines is 1. The zero-order valence-electron chi connectivity index (χ0n) is 26.5. The Kier molecular flexibility index (Phi) is 11.7. The smallest absolute Gasteiger partial charge is 0.307 e. The number of carbonyl (C=O) groups excluding carboxylic acids is 3. The summed E-state index contributed by atoms with van der Waals surface area (Å²) in [6.07, 6.45) is 0.630. The van der Waals surface area contributed by atoms with Crippen LogP contribution in [0.1, 0.15) is 51.3 Å². The number of aliphatic hydroxyl groups is 4. The van der Waals surface area contributed by atoms with Crippen molar-refractivity contribution < 1.29 is 44.7 Å². The van der Waals surface area contributed by atoms with E-state index >= 15 is 0 Å². The molecule has 0 radical (unpaired) electrons. The standard InChI is InChI=1S/C26H22N2O2S.C10H13NO7/c1-2-23-25(30)28(22-10-6-9-21(17-22)24(27)29)26(31-23)20-15-13-19(14-16-20)12-11-18-7-4-3-5-8-18;1-18-8-4-6(2-3-7(8)13)9(14,15)10(16,17)11-5-12/h3-10,13-17,23,26H,2H2,1H3,(H2,27,29);2-5,13-17H,1H3,(H,11,12). The Morgan fingerprint density at radius 1 is 0.959 bits per heavy atom. The molecule has 3 amide bonds. The van der Waals surface area contributed by atoms with Crippen molar-refractivity contribution >= 4 is 35.7 Å². The largest absolute Gasteiger partial charge is 0.504 e. The lowest BCUT2D eigenvalue weighted by atomic mass is 10.0. The number of amides is 3. The van der Waals surface area contributed by atoms with Gasteiger partial charge in [0, 0.05) is 27.9 Å². The molecule has 13 heteroatoms. The molecule has 2 unspecified atom stereocenters. The van der Waals surface area contributed by atoms with E-state index in [4.69, 9.17) is 10.5 Å². The molecule has 49 heavy (non-hydrogen) atoms. The summed E-state index contributed by atoms with van der Waals surface area (Å²) in [6, 6.07) is 27.8. The third-order valence-electron chi connectivity index (χ3n) is 7.47. The van der Waals surface area contributed by atoms with Crippen LogP contribution in [0.3, 0.4) is 0 Å². The van der Waals surface area contributed by atoms with Crippen molar-refractivity contribution in [3.63, 3.8) is 0 Å². The second kappa shape index (κ2) is 15.7. The van der Waals surface area contributed by atoms with E-state index < -0.39 is 23.2 Å². The molecule has 1 saturated heterocycles. The van der Waals surface area contributed by atoms with Gasteiger partial charge in [0.1, 0.15) is 5.37 Å². The van der Waals surface area contributed by atoms with E-state index in [2.05, 4.69) is 11.8 Å². The van der Waals surface area contributed by atoms with E-state index in [-0.39, 0.29) is 34.4 Å². The van der Waals surface area contributed by atoms with Crippen molar-refractivity contribution in [2.75, 3.05) is 12.0 Å². The van der Waals surface area contributed by atoms with Crippen LogP contribution >= 0.6 is 11.8 Å². The molecule has 1 fully saturated rings. The third kappa shape index (κ3) is 8.39. The van der Waals surface area contributed by atoms with Crippen molar-refractivity contribution in [1.29, 1.82) is 0 Å². The van der Waals surface area contributed by atoms with Gasteiger partial charge < -0.3 is 41.3 Å². The van der Waals surface area contributed by atoms with Crippen molar-refractivity contribution in [3.8, 4) is 23.3 Å². The zero-order valence-corrected chi connectivity index (χ0v) is 27.3. The van der Waals surface area contributed by atoms with Crippen LogP contribution in [0.25, 0.3) is 0 Å². The highest BCUT2D eigenvalue weighted by atomic mass is 32.2. The number of hydrogen-bond acceptors (Lipinski definition) is 10. The SMILES string of the molecule is CCC1SC(c2ccc(C#Cc3ccccc3)cc2)N(c2cccc(C(N)=O)c2)C1=O.COc1cc(C(O)(O)C(O)(O)NC=O)ccc1O. The Morgan fingerprint density at radius 2 is 1.61 bits per heavy atom. The van der Waals surface area contributed by atoms with Gasteiger partial charge in [-0.2, -0.15) is 0 Å². The Labute approximate surface area is 286 Å². The van der Waals surface area contributed by atoms with Crippen LogP contribution in [0.4, 0.5) is 5.69 Å². The average molecular weight is 686 g/mol. The van der Waals surface area contributed by atoms with E-state index in [1.807, 2.05) is 67.6 Å². The molecule has 8 N–H and O–H groups in total. The highest BCUT2D eigenvalue weighted by Crippen LogP contribution is 2.46. The number of rotatable bonds is 9. The van der Waals surface area contributed by atoms with Crippen LogP contribution in [0.2, 0.25) is 0 Å². The summed E-state index contributed by atoms with van der Waals surface area (Å²) in [4.78, 5) is 36.6. The summed E-state index contributed by atoms with van der Waals surface area (Å²) >= 11 is 1.63. The molecule has 5 rings (SSSR count). The van der Waals surface area contributed by atoms with Gasteiger partial charge in [-0.1, -0.05) is 55.2 Å². The Bertz CT molecular complexity index is 1860. The van der Waals surface area contributed by atoms with E-state index in [1.54, 1.807) is 34.9 Å². The number of primary amides is 1. The lowest BCUT2D eigenvalue weighted by Crippen LogP contribution is -2.61. The predicted octanol–water partition coefficient (Wildman–Crippen LogP) is 2.67. The second-order valence-electron chi connectivity index (χ2n) is 10.7. The fraction of sp³-hybridized carbons (Fsp3) is 0.194. The molecule has 0 aliphatic carbocycles. The van der Waals surface area contributed by atoms with Crippen LogP contribution < -0.4 is 20.7 Å². The molecule has 0 aromatic heterocycles. The van der Waals surface area contributed by atoms with Gasteiger partial charge in [-0.25, -0.2) is 0 Å². The van der Waals surface area contributed by atoms with Gasteiger partial charge in [-0.05, 0) is 72.6 Å². The molecule has 1 heterocycles. The number of benzene rings is 4.